The maximum atomic E-state index is 11.7. The second-order valence-electron chi connectivity index (χ2n) is 4.61. The van der Waals surface area contributed by atoms with Crippen molar-refractivity contribution in [1.82, 2.24) is 0 Å². The van der Waals surface area contributed by atoms with E-state index in [1.807, 2.05) is 0 Å². The lowest BCUT2D eigenvalue weighted by Gasteiger charge is -2.03. The molecule has 82 valence electrons. The zero-order valence-electron chi connectivity index (χ0n) is 9.36. The smallest absolute Gasteiger partial charge is 0.341 e. The monoisotopic (exact) mass is 215 g/mol. The predicted molar refractivity (Wildman–Crippen MR) is 60.5 cm³/mol. The van der Waals surface area contributed by atoms with E-state index >= 15 is 0 Å². The van der Waals surface area contributed by atoms with Gasteiger partial charge in [-0.3, -0.25) is 0 Å². The maximum Gasteiger partial charge on any atom is 0.341 e. The summed E-state index contributed by atoms with van der Waals surface area (Å²) in [5.74, 6) is 0.522. The van der Waals surface area contributed by atoms with Crippen LogP contribution in [0.25, 0.3) is 0 Å². The summed E-state index contributed by atoms with van der Waals surface area (Å²) in [7, 11) is 0. The molecular formula is C13H13NO2. The van der Waals surface area contributed by atoms with Gasteiger partial charge in [0.2, 0.25) is 0 Å². The molecule has 0 radical (unpaired) electrons. The molecule has 1 saturated carbocycles. The van der Waals surface area contributed by atoms with Gasteiger partial charge >= 0.3 is 5.97 Å². The van der Waals surface area contributed by atoms with E-state index in [-0.39, 0.29) is 11.9 Å². The molecule has 2 aliphatic rings. The summed E-state index contributed by atoms with van der Waals surface area (Å²) in [4.78, 5) is 16.0. The molecule has 0 aromatic heterocycles. The molecule has 1 aromatic carbocycles. The average molecular weight is 215 g/mol. The molecular weight excluding hydrogens is 202 g/mol. The zero-order chi connectivity index (χ0) is 11.3. The molecule has 0 N–H and O–H groups in total. The largest absolute Gasteiger partial charge is 0.410 e. The number of nitrogens with zero attached hydrogens (tertiary/aromatic N) is 1. The Morgan fingerprint density at radius 2 is 2.00 bits per heavy atom. The molecule has 3 heteroatoms. The van der Waals surface area contributed by atoms with E-state index in [0.29, 0.717) is 5.90 Å². The maximum absolute atomic E-state index is 11.7. The van der Waals surface area contributed by atoms with E-state index in [0.717, 1.165) is 6.42 Å². The molecule has 1 aromatic rings. The molecule has 3 nitrogen and oxygen atoms in total. The first-order valence-corrected chi connectivity index (χ1v) is 5.47. The van der Waals surface area contributed by atoms with Gasteiger partial charge in [-0.05, 0) is 18.9 Å². The normalized spacial score (nSPS) is 31.5. The fourth-order valence-corrected chi connectivity index (χ4v) is 2.37. The van der Waals surface area contributed by atoms with Crippen molar-refractivity contribution in [2.24, 2.45) is 4.99 Å². The van der Waals surface area contributed by atoms with Crippen molar-refractivity contribution in [3.63, 3.8) is 0 Å². The van der Waals surface area contributed by atoms with Crippen LogP contribution in [0.1, 0.15) is 30.4 Å². The Kier molecular flexibility index (Phi) is 1.76. The molecule has 1 spiro atoms. The van der Waals surface area contributed by atoms with E-state index in [1.54, 1.807) is 6.92 Å². The lowest BCUT2D eigenvalue weighted by molar-refractivity contribution is -0.136. The number of benzene rings is 1. The molecule has 0 bridgehead atoms. The van der Waals surface area contributed by atoms with Crippen LogP contribution in [-0.4, -0.2) is 17.4 Å². The quantitative estimate of drug-likeness (QED) is 0.673. The summed E-state index contributed by atoms with van der Waals surface area (Å²) in [6.45, 7) is 3.79. The molecule has 16 heavy (non-hydrogen) atoms. The highest BCUT2D eigenvalue weighted by atomic mass is 16.6. The Morgan fingerprint density at radius 1 is 1.31 bits per heavy atom. The molecule has 1 aliphatic heterocycles. The number of rotatable bonds is 1. The van der Waals surface area contributed by atoms with E-state index < -0.39 is 5.54 Å². The van der Waals surface area contributed by atoms with E-state index in [2.05, 4.69) is 36.2 Å². The van der Waals surface area contributed by atoms with Crippen LogP contribution < -0.4 is 0 Å². The van der Waals surface area contributed by atoms with Gasteiger partial charge < -0.3 is 4.74 Å². The van der Waals surface area contributed by atoms with Crippen molar-refractivity contribution in [3.8, 4) is 0 Å². The summed E-state index contributed by atoms with van der Waals surface area (Å²) in [6.07, 6.45) is 0.784. The zero-order valence-corrected chi connectivity index (χ0v) is 9.36. The minimum absolute atomic E-state index is 0.185. The number of aliphatic imine (C=N–C) groups is 1. The first-order chi connectivity index (χ1) is 7.62. The van der Waals surface area contributed by atoms with Crippen LogP contribution in [0.15, 0.2) is 29.3 Å². The topological polar surface area (TPSA) is 38.7 Å². The lowest BCUT2D eigenvalue weighted by atomic mass is 10.1. The summed E-state index contributed by atoms with van der Waals surface area (Å²) < 4.78 is 5.03. The number of aryl methyl sites for hydroxylation is 1. The van der Waals surface area contributed by atoms with Crippen molar-refractivity contribution in [2.45, 2.75) is 31.7 Å². The first kappa shape index (κ1) is 9.58. The first-order valence-electron chi connectivity index (χ1n) is 5.47. The Labute approximate surface area is 94.1 Å². The number of carbonyl (C=O) groups is 1. The van der Waals surface area contributed by atoms with Crippen molar-refractivity contribution in [3.05, 3.63) is 35.4 Å². The second kappa shape index (κ2) is 2.94. The Bertz CT molecular complexity index is 489. The van der Waals surface area contributed by atoms with E-state index in [9.17, 15) is 4.79 Å². The Hall–Kier alpha value is -1.64. The summed E-state index contributed by atoms with van der Waals surface area (Å²) in [5.41, 5.74) is 1.83. The predicted octanol–water partition coefficient (Wildman–Crippen LogP) is 2.20. The molecule has 0 amide bonds. The minimum Gasteiger partial charge on any atom is -0.410 e. The number of carbonyl (C=O) groups excluding carboxylic acids is 1. The van der Waals surface area contributed by atoms with Gasteiger partial charge in [-0.1, -0.05) is 29.8 Å². The molecule has 2 atom stereocenters. The number of hydrogen-bond donors (Lipinski definition) is 0. The highest BCUT2D eigenvalue weighted by Gasteiger charge is 2.65. The fourth-order valence-electron chi connectivity index (χ4n) is 2.37. The number of ether oxygens (including phenoxy) is 1. The van der Waals surface area contributed by atoms with Crippen LogP contribution in [0.2, 0.25) is 0 Å². The van der Waals surface area contributed by atoms with Crippen LogP contribution in [0.5, 0.6) is 0 Å². The molecule has 0 unspecified atom stereocenters. The van der Waals surface area contributed by atoms with Gasteiger partial charge in [-0.15, -0.1) is 0 Å². The van der Waals surface area contributed by atoms with Gasteiger partial charge in [0.25, 0.3) is 0 Å². The van der Waals surface area contributed by atoms with Gasteiger partial charge in [-0.25, -0.2) is 9.79 Å². The van der Waals surface area contributed by atoms with Crippen LogP contribution in [0, 0.1) is 6.92 Å². The highest BCUT2D eigenvalue weighted by Crippen LogP contribution is 2.57. The van der Waals surface area contributed by atoms with E-state index in [1.165, 1.54) is 11.1 Å². The highest BCUT2D eigenvalue weighted by molar-refractivity contribution is 6.02. The summed E-state index contributed by atoms with van der Waals surface area (Å²) in [6, 6.07) is 8.28. The Morgan fingerprint density at radius 3 is 2.56 bits per heavy atom. The van der Waals surface area contributed by atoms with Gasteiger partial charge in [0, 0.05) is 12.8 Å². The average Bonchev–Trinajstić information content (AvgIpc) is 2.87. The lowest BCUT2D eigenvalue weighted by Crippen LogP contribution is -2.18. The number of hydrogen-bond acceptors (Lipinski definition) is 3. The fraction of sp³-hybridized carbons (Fsp3) is 0.385. The van der Waals surface area contributed by atoms with Gasteiger partial charge in [0.05, 0.1) is 0 Å². The molecule has 3 rings (SSSR count). The van der Waals surface area contributed by atoms with Gasteiger partial charge in [0.15, 0.2) is 11.4 Å². The van der Waals surface area contributed by atoms with Crippen LogP contribution in [0.4, 0.5) is 0 Å². The Balaban J connectivity index is 1.91. The van der Waals surface area contributed by atoms with Crippen LogP contribution in [-0.2, 0) is 9.53 Å². The van der Waals surface area contributed by atoms with Crippen LogP contribution in [0.3, 0.4) is 0 Å². The molecule has 0 saturated heterocycles. The van der Waals surface area contributed by atoms with Crippen LogP contribution >= 0.6 is 0 Å². The van der Waals surface area contributed by atoms with Crippen molar-refractivity contribution in [1.29, 1.82) is 0 Å². The SMILES string of the molecule is CC1=N[C@@]2(C[C@H]2c2ccc(C)cc2)C(=O)O1. The summed E-state index contributed by atoms with van der Waals surface area (Å²) in [5, 5.41) is 0. The second-order valence-corrected chi connectivity index (χ2v) is 4.61. The van der Waals surface area contributed by atoms with Crippen molar-refractivity contribution >= 4 is 11.9 Å². The molecule has 1 heterocycles. The third kappa shape index (κ3) is 1.21. The van der Waals surface area contributed by atoms with Gasteiger partial charge in [-0.2, -0.15) is 0 Å². The standard InChI is InChI=1S/C13H13NO2/c1-8-3-5-10(6-4-8)11-7-13(11)12(15)16-9(2)14-13/h3-6,11H,7H2,1-2H3/t11-,13+/m0/s1. The third-order valence-corrected chi connectivity index (χ3v) is 3.36. The van der Waals surface area contributed by atoms with Crippen molar-refractivity contribution in [2.75, 3.05) is 0 Å². The number of cyclic esters (lactones) is 1. The number of esters is 1. The molecule has 1 aliphatic carbocycles. The summed E-state index contributed by atoms with van der Waals surface area (Å²) >= 11 is 0. The van der Waals surface area contributed by atoms with Crippen molar-refractivity contribution < 1.29 is 9.53 Å². The third-order valence-electron chi connectivity index (χ3n) is 3.36. The molecule has 1 fully saturated rings. The van der Waals surface area contributed by atoms with Gasteiger partial charge in [0.1, 0.15) is 0 Å². The van der Waals surface area contributed by atoms with E-state index in [4.69, 9.17) is 4.74 Å². The minimum atomic E-state index is -0.584.